The van der Waals surface area contributed by atoms with Gasteiger partial charge in [-0.25, -0.2) is 0 Å². The fraction of sp³-hybridized carbons (Fsp3) is 0.769. The van der Waals surface area contributed by atoms with Gasteiger partial charge in [-0.3, -0.25) is 4.79 Å². The molecule has 0 saturated heterocycles. The number of hydrogen-bond acceptors (Lipinski definition) is 1. The molecule has 0 aliphatic carbocycles. The van der Waals surface area contributed by atoms with Crippen LogP contribution in [0.1, 0.15) is 53.9 Å². The van der Waals surface area contributed by atoms with E-state index in [1.165, 1.54) is 0 Å². The SMILES string of the molecule is CC(C)CC=CCCC(=O)C(C)(C)C. The van der Waals surface area contributed by atoms with E-state index in [0.717, 1.165) is 12.8 Å². The first-order valence-corrected chi connectivity index (χ1v) is 5.52. The molecule has 0 rings (SSSR count). The second-order valence-electron chi connectivity index (χ2n) is 5.31. The third kappa shape index (κ3) is 6.88. The topological polar surface area (TPSA) is 17.1 Å². The first kappa shape index (κ1) is 13.4. The predicted octanol–water partition coefficient (Wildman–Crippen LogP) is 3.98. The van der Waals surface area contributed by atoms with Gasteiger partial charge in [0.1, 0.15) is 5.78 Å². The fourth-order valence-corrected chi connectivity index (χ4v) is 1.08. The van der Waals surface area contributed by atoms with Gasteiger partial charge >= 0.3 is 0 Å². The van der Waals surface area contributed by atoms with Gasteiger partial charge in [-0.15, -0.1) is 0 Å². The van der Waals surface area contributed by atoms with Crippen molar-refractivity contribution in [2.24, 2.45) is 11.3 Å². The van der Waals surface area contributed by atoms with E-state index in [2.05, 4.69) is 26.0 Å². The van der Waals surface area contributed by atoms with E-state index >= 15 is 0 Å². The van der Waals surface area contributed by atoms with Crippen LogP contribution in [0, 0.1) is 11.3 Å². The normalized spacial score (nSPS) is 12.7. The molecule has 0 aromatic carbocycles. The van der Waals surface area contributed by atoms with Crippen LogP contribution >= 0.6 is 0 Å². The molecule has 0 bridgehead atoms. The second-order valence-corrected chi connectivity index (χ2v) is 5.31. The van der Waals surface area contributed by atoms with E-state index in [4.69, 9.17) is 0 Å². The molecule has 82 valence electrons. The third-order valence-electron chi connectivity index (χ3n) is 2.15. The molecule has 0 spiro atoms. The summed E-state index contributed by atoms with van der Waals surface area (Å²) in [7, 11) is 0. The molecule has 0 N–H and O–H groups in total. The predicted molar refractivity (Wildman–Crippen MR) is 62.3 cm³/mol. The number of allylic oxidation sites excluding steroid dienone is 2. The Bertz CT molecular complexity index is 194. The molecule has 0 radical (unpaired) electrons. The maximum Gasteiger partial charge on any atom is 0.138 e. The van der Waals surface area contributed by atoms with Gasteiger partial charge in [-0.2, -0.15) is 0 Å². The van der Waals surface area contributed by atoms with Crippen LogP contribution in [-0.4, -0.2) is 5.78 Å². The van der Waals surface area contributed by atoms with Crippen LogP contribution in [0.25, 0.3) is 0 Å². The van der Waals surface area contributed by atoms with Gasteiger partial charge in [0.05, 0.1) is 0 Å². The van der Waals surface area contributed by atoms with Crippen LogP contribution in [0.3, 0.4) is 0 Å². The average Bonchev–Trinajstić information content (AvgIpc) is 2.01. The van der Waals surface area contributed by atoms with Crippen molar-refractivity contribution in [2.45, 2.75) is 53.9 Å². The summed E-state index contributed by atoms with van der Waals surface area (Å²) in [6.07, 6.45) is 6.99. The Hall–Kier alpha value is -0.590. The molecule has 0 fully saturated rings. The molecule has 0 aromatic heterocycles. The molecule has 0 saturated carbocycles. The lowest BCUT2D eigenvalue weighted by Crippen LogP contribution is -2.19. The van der Waals surface area contributed by atoms with E-state index in [1.54, 1.807) is 0 Å². The van der Waals surface area contributed by atoms with Gasteiger partial charge in [0.2, 0.25) is 0 Å². The summed E-state index contributed by atoms with van der Waals surface area (Å²) < 4.78 is 0. The Morgan fingerprint density at radius 1 is 1.21 bits per heavy atom. The lowest BCUT2D eigenvalue weighted by atomic mass is 9.88. The maximum absolute atomic E-state index is 11.5. The Morgan fingerprint density at radius 3 is 2.21 bits per heavy atom. The zero-order chi connectivity index (χ0) is 11.2. The van der Waals surface area contributed by atoms with Crippen LogP contribution in [0.5, 0.6) is 0 Å². The summed E-state index contributed by atoms with van der Waals surface area (Å²) in [5.74, 6) is 1.07. The van der Waals surface area contributed by atoms with Gasteiger partial charge in [-0.1, -0.05) is 46.8 Å². The van der Waals surface area contributed by atoms with Gasteiger partial charge in [-0.05, 0) is 18.8 Å². The first-order chi connectivity index (χ1) is 6.34. The second kappa shape index (κ2) is 6.00. The minimum atomic E-state index is -0.175. The standard InChI is InChI=1S/C13H24O/c1-11(2)9-7-6-8-10-12(14)13(3,4)5/h6-7,11H,8-10H2,1-5H3. The van der Waals surface area contributed by atoms with Crippen molar-refractivity contribution in [3.63, 3.8) is 0 Å². The number of carbonyl (C=O) groups is 1. The molecular weight excluding hydrogens is 172 g/mol. The number of Topliss-reactive ketones (excluding diaryl/α,β-unsaturated/α-hetero) is 1. The molecule has 1 heteroatoms. The van der Waals surface area contributed by atoms with E-state index in [0.29, 0.717) is 18.1 Å². The highest BCUT2D eigenvalue weighted by atomic mass is 16.1. The molecule has 14 heavy (non-hydrogen) atoms. The summed E-state index contributed by atoms with van der Waals surface area (Å²) in [6, 6.07) is 0. The molecule has 0 heterocycles. The zero-order valence-corrected chi connectivity index (χ0v) is 10.3. The van der Waals surface area contributed by atoms with E-state index in [9.17, 15) is 4.79 Å². The Kier molecular flexibility index (Phi) is 5.75. The van der Waals surface area contributed by atoms with Crippen LogP contribution in [0.4, 0.5) is 0 Å². The van der Waals surface area contributed by atoms with E-state index < -0.39 is 0 Å². The summed E-state index contributed by atoms with van der Waals surface area (Å²) in [5, 5.41) is 0. The highest BCUT2D eigenvalue weighted by Crippen LogP contribution is 2.17. The van der Waals surface area contributed by atoms with Gasteiger partial charge in [0, 0.05) is 11.8 Å². The molecule has 0 unspecified atom stereocenters. The van der Waals surface area contributed by atoms with Crippen molar-refractivity contribution < 1.29 is 4.79 Å². The first-order valence-electron chi connectivity index (χ1n) is 5.52. The molecule has 1 nitrogen and oxygen atoms in total. The van der Waals surface area contributed by atoms with Crippen molar-refractivity contribution in [3.8, 4) is 0 Å². The maximum atomic E-state index is 11.5. The minimum Gasteiger partial charge on any atom is -0.299 e. The smallest absolute Gasteiger partial charge is 0.138 e. The van der Waals surface area contributed by atoms with Crippen molar-refractivity contribution >= 4 is 5.78 Å². The Balaban J connectivity index is 3.65. The molecule has 0 aliphatic heterocycles. The van der Waals surface area contributed by atoms with Crippen molar-refractivity contribution in [1.29, 1.82) is 0 Å². The number of carbonyl (C=O) groups excluding carboxylic acids is 1. The molecular formula is C13H24O. The number of hydrogen-bond donors (Lipinski definition) is 0. The van der Waals surface area contributed by atoms with Gasteiger partial charge in [0.25, 0.3) is 0 Å². The largest absolute Gasteiger partial charge is 0.299 e. The average molecular weight is 196 g/mol. The minimum absolute atomic E-state index is 0.175. The summed E-state index contributed by atoms with van der Waals surface area (Å²) >= 11 is 0. The van der Waals surface area contributed by atoms with Gasteiger partial charge in [0.15, 0.2) is 0 Å². The van der Waals surface area contributed by atoms with E-state index in [1.807, 2.05) is 20.8 Å². The van der Waals surface area contributed by atoms with Crippen molar-refractivity contribution in [2.75, 3.05) is 0 Å². The molecule has 0 atom stereocenters. The number of rotatable bonds is 5. The highest BCUT2D eigenvalue weighted by Gasteiger charge is 2.19. The summed E-state index contributed by atoms with van der Waals surface area (Å²) in [5.41, 5.74) is -0.175. The van der Waals surface area contributed by atoms with Crippen LogP contribution < -0.4 is 0 Å². The number of ketones is 1. The highest BCUT2D eigenvalue weighted by molar-refractivity contribution is 5.83. The molecule has 0 aliphatic rings. The van der Waals surface area contributed by atoms with Crippen molar-refractivity contribution in [1.82, 2.24) is 0 Å². The molecule has 0 aromatic rings. The Labute approximate surface area is 88.6 Å². The Morgan fingerprint density at radius 2 is 1.79 bits per heavy atom. The summed E-state index contributed by atoms with van der Waals surface area (Å²) in [6.45, 7) is 10.3. The monoisotopic (exact) mass is 196 g/mol. The van der Waals surface area contributed by atoms with E-state index in [-0.39, 0.29) is 5.41 Å². The summed E-state index contributed by atoms with van der Waals surface area (Å²) in [4.78, 5) is 11.5. The zero-order valence-electron chi connectivity index (χ0n) is 10.3. The van der Waals surface area contributed by atoms with Crippen LogP contribution in [0.2, 0.25) is 0 Å². The quantitative estimate of drug-likeness (QED) is 0.608. The van der Waals surface area contributed by atoms with Gasteiger partial charge < -0.3 is 0 Å². The lowest BCUT2D eigenvalue weighted by molar-refractivity contribution is -0.126. The molecule has 0 amide bonds. The third-order valence-corrected chi connectivity index (χ3v) is 2.15. The van der Waals surface area contributed by atoms with Crippen molar-refractivity contribution in [3.05, 3.63) is 12.2 Å². The van der Waals surface area contributed by atoms with Crippen LogP contribution in [-0.2, 0) is 4.79 Å². The van der Waals surface area contributed by atoms with Crippen LogP contribution in [0.15, 0.2) is 12.2 Å². The lowest BCUT2D eigenvalue weighted by Gasteiger charge is -2.15. The fourth-order valence-electron chi connectivity index (χ4n) is 1.08.